The Morgan fingerprint density at radius 3 is 2.43 bits per heavy atom. The summed E-state index contributed by atoms with van der Waals surface area (Å²) in [6, 6.07) is 12.9. The molecule has 0 aliphatic carbocycles. The number of carbonyl (C=O) groups excluding carboxylic acids is 2. The first-order valence-corrected chi connectivity index (χ1v) is 12.4. The van der Waals surface area contributed by atoms with Crippen LogP contribution in [0.3, 0.4) is 0 Å². The Bertz CT molecular complexity index is 1250. The van der Waals surface area contributed by atoms with Gasteiger partial charge in [-0.25, -0.2) is 4.98 Å². The maximum Gasteiger partial charge on any atom is 0.295 e. The van der Waals surface area contributed by atoms with Crippen molar-refractivity contribution in [3.8, 4) is 0 Å². The van der Waals surface area contributed by atoms with E-state index in [1.54, 1.807) is 22.4 Å². The molecular formula is C28H34N4O3. The molecule has 0 saturated carbocycles. The quantitative estimate of drug-likeness (QED) is 0.283. The predicted molar refractivity (Wildman–Crippen MR) is 137 cm³/mol. The van der Waals surface area contributed by atoms with E-state index in [4.69, 9.17) is 0 Å². The second-order valence-electron chi connectivity index (χ2n) is 8.94. The Morgan fingerprint density at radius 1 is 1.06 bits per heavy atom. The number of carbonyl (C=O) groups is 2. The number of nitrogens with zero attached hydrogens (tertiary/aromatic N) is 4. The smallest absolute Gasteiger partial charge is 0.295 e. The molecule has 184 valence electrons. The van der Waals surface area contributed by atoms with Crippen LogP contribution in [0.25, 0.3) is 11.4 Å². The van der Waals surface area contributed by atoms with Gasteiger partial charge < -0.3 is 14.9 Å². The highest BCUT2D eigenvalue weighted by molar-refractivity contribution is 6.46. The topological polar surface area (TPSA) is 78.1 Å². The molecule has 2 aromatic heterocycles. The molecule has 3 aromatic rings. The summed E-state index contributed by atoms with van der Waals surface area (Å²) in [5.41, 5.74) is 3.82. The van der Waals surface area contributed by atoms with Crippen LogP contribution in [0.5, 0.6) is 0 Å². The number of imidazole rings is 1. The molecule has 1 atom stereocenters. The van der Waals surface area contributed by atoms with Crippen LogP contribution in [0, 0.1) is 6.92 Å². The minimum atomic E-state index is -0.653. The lowest BCUT2D eigenvalue weighted by Gasteiger charge is -2.27. The van der Waals surface area contributed by atoms with Crippen molar-refractivity contribution < 1.29 is 14.7 Å². The van der Waals surface area contributed by atoms with E-state index in [2.05, 4.69) is 30.7 Å². The molecule has 1 N–H and O–H groups in total. The van der Waals surface area contributed by atoms with Gasteiger partial charge in [0, 0.05) is 12.7 Å². The Hall–Kier alpha value is -3.45. The molecular weight excluding hydrogens is 440 g/mol. The van der Waals surface area contributed by atoms with E-state index in [9.17, 15) is 14.7 Å². The van der Waals surface area contributed by atoms with E-state index < -0.39 is 17.7 Å². The van der Waals surface area contributed by atoms with E-state index in [1.807, 2.05) is 42.5 Å². The lowest BCUT2D eigenvalue weighted by atomic mass is 9.95. The fourth-order valence-electron chi connectivity index (χ4n) is 4.92. The van der Waals surface area contributed by atoms with E-state index in [-0.39, 0.29) is 11.3 Å². The maximum atomic E-state index is 13.4. The van der Waals surface area contributed by atoms with Crippen LogP contribution in [-0.2, 0) is 16.0 Å². The van der Waals surface area contributed by atoms with Gasteiger partial charge in [-0.05, 0) is 62.7 Å². The van der Waals surface area contributed by atoms with Gasteiger partial charge in [0.05, 0.1) is 17.3 Å². The molecule has 1 aliphatic heterocycles. The number of aliphatic hydroxyl groups is 1. The van der Waals surface area contributed by atoms with Crippen molar-refractivity contribution in [2.45, 2.75) is 46.6 Å². The van der Waals surface area contributed by atoms with Crippen LogP contribution in [-0.4, -0.2) is 62.2 Å². The average molecular weight is 475 g/mol. The number of hydrogen-bond acceptors (Lipinski definition) is 5. The van der Waals surface area contributed by atoms with Gasteiger partial charge in [-0.2, -0.15) is 0 Å². The first kappa shape index (κ1) is 24.7. The number of aliphatic hydroxyl groups excluding tert-OH is 1. The minimum Gasteiger partial charge on any atom is -0.505 e. The number of benzene rings is 1. The molecule has 1 amide bonds. The molecule has 4 rings (SSSR count). The number of rotatable bonds is 9. The van der Waals surface area contributed by atoms with Gasteiger partial charge in [0.15, 0.2) is 5.76 Å². The first-order valence-electron chi connectivity index (χ1n) is 12.4. The summed E-state index contributed by atoms with van der Waals surface area (Å²) in [4.78, 5) is 35.1. The minimum absolute atomic E-state index is 0.121. The SMILES string of the molecule is CCc1ccc(C2/C(=C(\O)c3c(C)nc4ccccn34)C(=O)C(=O)N2CCCN(CC)CC)cc1. The summed E-state index contributed by atoms with van der Waals surface area (Å²) in [6.45, 7) is 11.3. The average Bonchev–Trinajstić information content (AvgIpc) is 3.34. The molecule has 0 spiro atoms. The number of likely N-dealkylation sites (tertiary alicyclic amines) is 1. The van der Waals surface area contributed by atoms with Crippen molar-refractivity contribution in [2.24, 2.45) is 0 Å². The molecule has 7 heteroatoms. The second kappa shape index (κ2) is 10.4. The Labute approximate surface area is 206 Å². The van der Waals surface area contributed by atoms with Crippen molar-refractivity contribution in [3.63, 3.8) is 0 Å². The van der Waals surface area contributed by atoms with Crippen LogP contribution < -0.4 is 0 Å². The fourth-order valence-corrected chi connectivity index (χ4v) is 4.92. The summed E-state index contributed by atoms with van der Waals surface area (Å²) >= 11 is 0. The summed E-state index contributed by atoms with van der Waals surface area (Å²) in [6.07, 6.45) is 3.44. The van der Waals surface area contributed by atoms with E-state index in [1.165, 1.54) is 5.56 Å². The van der Waals surface area contributed by atoms with Crippen LogP contribution in [0.1, 0.15) is 55.7 Å². The molecule has 1 fully saturated rings. The highest BCUT2D eigenvalue weighted by atomic mass is 16.3. The summed E-state index contributed by atoms with van der Waals surface area (Å²) < 4.78 is 1.76. The summed E-state index contributed by atoms with van der Waals surface area (Å²) in [5, 5.41) is 11.5. The zero-order valence-corrected chi connectivity index (χ0v) is 21.0. The number of ketones is 1. The third-order valence-corrected chi connectivity index (χ3v) is 6.94. The molecule has 1 aromatic carbocycles. The van der Waals surface area contributed by atoms with E-state index >= 15 is 0 Å². The highest BCUT2D eigenvalue weighted by Gasteiger charge is 2.46. The summed E-state index contributed by atoms with van der Waals surface area (Å²) in [5.74, 6) is -1.40. The van der Waals surface area contributed by atoms with Crippen molar-refractivity contribution >= 4 is 23.1 Å². The molecule has 0 radical (unpaired) electrons. The lowest BCUT2D eigenvalue weighted by molar-refractivity contribution is -0.140. The standard InChI is InChI=1S/C28H34N4O3/c1-5-20-12-14-21(15-13-20)25-23(26(33)24-19(4)29-22-11-8-9-17-31(22)24)27(34)28(35)32(25)18-10-16-30(6-2)7-3/h8-9,11-15,17,25,33H,5-7,10,16,18H2,1-4H3/b26-23+. The zero-order chi connectivity index (χ0) is 25.1. The molecule has 35 heavy (non-hydrogen) atoms. The number of hydrogen-bond donors (Lipinski definition) is 1. The monoisotopic (exact) mass is 474 g/mol. The molecule has 1 unspecified atom stereocenters. The number of amides is 1. The summed E-state index contributed by atoms with van der Waals surface area (Å²) in [7, 11) is 0. The lowest BCUT2D eigenvalue weighted by Crippen LogP contribution is -2.33. The van der Waals surface area contributed by atoms with Crippen molar-refractivity contribution in [3.05, 3.63) is 76.7 Å². The van der Waals surface area contributed by atoms with Crippen molar-refractivity contribution in [1.29, 1.82) is 0 Å². The van der Waals surface area contributed by atoms with E-state index in [0.717, 1.165) is 38.0 Å². The van der Waals surface area contributed by atoms with Gasteiger partial charge >= 0.3 is 0 Å². The number of aryl methyl sites for hydroxylation is 2. The van der Waals surface area contributed by atoms with Gasteiger partial charge in [0.2, 0.25) is 0 Å². The molecule has 1 saturated heterocycles. The first-order chi connectivity index (χ1) is 16.9. The van der Waals surface area contributed by atoms with Crippen LogP contribution in [0.15, 0.2) is 54.2 Å². The number of pyridine rings is 1. The van der Waals surface area contributed by atoms with Gasteiger partial charge in [0.1, 0.15) is 11.3 Å². The van der Waals surface area contributed by atoms with Crippen molar-refractivity contribution in [1.82, 2.24) is 19.2 Å². The van der Waals surface area contributed by atoms with Crippen LogP contribution in [0.2, 0.25) is 0 Å². The normalized spacial score (nSPS) is 17.7. The Balaban J connectivity index is 1.81. The van der Waals surface area contributed by atoms with Crippen LogP contribution >= 0.6 is 0 Å². The van der Waals surface area contributed by atoms with Gasteiger partial charge in [-0.1, -0.05) is 51.1 Å². The number of fused-ring (bicyclic) bond motifs is 1. The third kappa shape index (κ3) is 4.60. The van der Waals surface area contributed by atoms with Gasteiger partial charge in [0.25, 0.3) is 11.7 Å². The molecule has 3 heterocycles. The second-order valence-corrected chi connectivity index (χ2v) is 8.94. The zero-order valence-electron chi connectivity index (χ0n) is 21.0. The molecule has 1 aliphatic rings. The largest absolute Gasteiger partial charge is 0.505 e. The van der Waals surface area contributed by atoms with Gasteiger partial charge in [-0.15, -0.1) is 0 Å². The molecule has 0 bridgehead atoms. The third-order valence-electron chi connectivity index (χ3n) is 6.94. The highest BCUT2D eigenvalue weighted by Crippen LogP contribution is 2.40. The number of aromatic nitrogens is 2. The Morgan fingerprint density at radius 2 is 1.77 bits per heavy atom. The van der Waals surface area contributed by atoms with Crippen molar-refractivity contribution in [2.75, 3.05) is 26.2 Å². The molecule has 7 nitrogen and oxygen atoms in total. The number of Topliss-reactive ketones (excluding diaryl/α,β-unsaturated/α-hetero) is 1. The van der Waals surface area contributed by atoms with Crippen LogP contribution in [0.4, 0.5) is 0 Å². The van der Waals surface area contributed by atoms with Gasteiger partial charge in [-0.3, -0.25) is 14.0 Å². The maximum absolute atomic E-state index is 13.4. The fraction of sp³-hybridized carbons (Fsp3) is 0.393. The Kier molecular flexibility index (Phi) is 7.36. The van der Waals surface area contributed by atoms with E-state index in [0.29, 0.717) is 23.6 Å². The predicted octanol–water partition coefficient (Wildman–Crippen LogP) is 4.36.